The second-order valence-electron chi connectivity index (χ2n) is 3.94. The number of aromatic nitrogens is 2. The van der Waals surface area contributed by atoms with Gasteiger partial charge in [0.2, 0.25) is 5.91 Å². The van der Waals surface area contributed by atoms with E-state index in [9.17, 15) is 9.59 Å². The first-order valence-electron chi connectivity index (χ1n) is 5.90. The summed E-state index contributed by atoms with van der Waals surface area (Å²) < 4.78 is 0. The Morgan fingerprint density at radius 2 is 2.16 bits per heavy atom. The van der Waals surface area contributed by atoms with E-state index in [0.717, 1.165) is 5.39 Å². The van der Waals surface area contributed by atoms with Gasteiger partial charge in [-0.25, -0.2) is 0 Å². The van der Waals surface area contributed by atoms with Crippen LogP contribution in [0, 0.1) is 0 Å². The molecule has 0 unspecified atom stereocenters. The minimum absolute atomic E-state index is 0.116. The number of fused-ring (bicyclic) bond motifs is 1. The molecule has 0 spiro atoms. The Hall–Kier alpha value is -2.50. The number of rotatable bonds is 4. The molecule has 2 N–H and O–H groups in total. The maximum atomic E-state index is 12.0. The van der Waals surface area contributed by atoms with E-state index in [1.165, 1.54) is 6.20 Å². The van der Waals surface area contributed by atoms with Gasteiger partial charge in [0.25, 0.3) is 5.91 Å². The molecule has 0 saturated carbocycles. The average Bonchev–Trinajstić information content (AvgIpc) is 2.46. The van der Waals surface area contributed by atoms with Crippen LogP contribution in [-0.2, 0) is 4.79 Å². The quantitative estimate of drug-likeness (QED) is 0.836. The number of carbonyl (C=O) groups is 2. The number of amides is 2. The summed E-state index contributed by atoms with van der Waals surface area (Å²) in [5.41, 5.74) is 1.02. The first-order chi connectivity index (χ1) is 9.22. The molecule has 0 aromatic carbocycles. The van der Waals surface area contributed by atoms with Crippen molar-refractivity contribution in [2.24, 2.45) is 0 Å². The van der Waals surface area contributed by atoms with E-state index in [1.54, 1.807) is 25.5 Å². The third kappa shape index (κ3) is 3.04. The van der Waals surface area contributed by atoms with Gasteiger partial charge in [-0.05, 0) is 12.1 Å². The highest BCUT2D eigenvalue weighted by Crippen LogP contribution is 2.13. The van der Waals surface area contributed by atoms with Crippen molar-refractivity contribution in [3.05, 3.63) is 36.3 Å². The third-order valence-electron chi connectivity index (χ3n) is 2.67. The van der Waals surface area contributed by atoms with E-state index in [1.807, 2.05) is 6.07 Å². The fourth-order valence-corrected chi connectivity index (χ4v) is 1.68. The zero-order valence-electron chi connectivity index (χ0n) is 10.5. The van der Waals surface area contributed by atoms with Gasteiger partial charge in [-0.15, -0.1) is 0 Å². The van der Waals surface area contributed by atoms with Crippen molar-refractivity contribution in [3.63, 3.8) is 0 Å². The summed E-state index contributed by atoms with van der Waals surface area (Å²) in [4.78, 5) is 31.3. The molecule has 0 fully saturated rings. The molecule has 6 heteroatoms. The zero-order chi connectivity index (χ0) is 13.7. The number of hydrogen-bond acceptors (Lipinski definition) is 4. The Kier molecular flexibility index (Phi) is 4.02. The van der Waals surface area contributed by atoms with Crippen LogP contribution in [0.4, 0.5) is 0 Å². The molecule has 6 nitrogen and oxygen atoms in total. The molecule has 2 rings (SSSR count). The minimum Gasteiger partial charge on any atom is -0.359 e. The van der Waals surface area contributed by atoms with Crippen molar-refractivity contribution >= 4 is 22.7 Å². The molecule has 0 aliphatic carbocycles. The van der Waals surface area contributed by atoms with Gasteiger partial charge in [0.15, 0.2) is 0 Å². The highest BCUT2D eigenvalue weighted by atomic mass is 16.2. The third-order valence-corrected chi connectivity index (χ3v) is 2.67. The molecule has 2 amide bonds. The number of carbonyl (C=O) groups excluding carboxylic acids is 2. The fraction of sp³-hybridized carbons (Fsp3) is 0.231. The Bertz CT molecular complexity index is 607. The monoisotopic (exact) mass is 258 g/mol. The van der Waals surface area contributed by atoms with Gasteiger partial charge in [-0.2, -0.15) is 0 Å². The highest BCUT2D eigenvalue weighted by molar-refractivity contribution is 6.04. The smallest absolute Gasteiger partial charge is 0.255 e. The number of nitrogens with zero attached hydrogens (tertiary/aromatic N) is 2. The van der Waals surface area contributed by atoms with Crippen molar-refractivity contribution in [2.45, 2.75) is 6.42 Å². The molecule has 0 aliphatic rings. The summed E-state index contributed by atoms with van der Waals surface area (Å²) in [5, 5.41) is 5.98. The van der Waals surface area contributed by atoms with Crippen molar-refractivity contribution in [3.8, 4) is 0 Å². The molecule has 0 bridgehead atoms. The molecule has 19 heavy (non-hydrogen) atoms. The molecule has 0 radical (unpaired) electrons. The molecule has 2 heterocycles. The standard InChI is InChI=1S/C13H14N4O2/c1-14-11(18)4-6-17-13(19)10-8-15-7-9-3-2-5-16-12(9)10/h2-3,5,7-8H,4,6H2,1H3,(H,14,18)(H,17,19). The Labute approximate surface area is 110 Å². The summed E-state index contributed by atoms with van der Waals surface area (Å²) in [6, 6.07) is 3.63. The van der Waals surface area contributed by atoms with E-state index >= 15 is 0 Å². The second kappa shape index (κ2) is 5.90. The largest absolute Gasteiger partial charge is 0.359 e. The van der Waals surface area contributed by atoms with E-state index < -0.39 is 0 Å². The Morgan fingerprint density at radius 1 is 1.32 bits per heavy atom. The van der Waals surface area contributed by atoms with Crippen LogP contribution in [0.15, 0.2) is 30.7 Å². The van der Waals surface area contributed by atoms with Crippen LogP contribution in [-0.4, -0.2) is 35.4 Å². The van der Waals surface area contributed by atoms with Crippen molar-refractivity contribution in [1.29, 1.82) is 0 Å². The van der Waals surface area contributed by atoms with Gasteiger partial charge in [0.05, 0.1) is 11.1 Å². The van der Waals surface area contributed by atoms with Crippen molar-refractivity contribution in [1.82, 2.24) is 20.6 Å². The topological polar surface area (TPSA) is 84.0 Å². The number of pyridine rings is 2. The predicted molar refractivity (Wildman–Crippen MR) is 70.6 cm³/mol. The SMILES string of the molecule is CNC(=O)CCNC(=O)c1cncc2cccnc12. The van der Waals surface area contributed by atoms with Crippen LogP contribution in [0.3, 0.4) is 0 Å². The number of nitrogens with one attached hydrogen (secondary N) is 2. The normalized spacial score (nSPS) is 10.2. The van der Waals surface area contributed by atoms with Gasteiger partial charge in [0, 0.05) is 44.0 Å². The molecular formula is C13H14N4O2. The average molecular weight is 258 g/mol. The highest BCUT2D eigenvalue weighted by Gasteiger charge is 2.11. The summed E-state index contributed by atoms with van der Waals surface area (Å²) in [7, 11) is 1.56. The van der Waals surface area contributed by atoms with Crippen LogP contribution >= 0.6 is 0 Å². The van der Waals surface area contributed by atoms with Crippen LogP contribution in [0.5, 0.6) is 0 Å². The lowest BCUT2D eigenvalue weighted by atomic mass is 10.1. The molecule has 2 aromatic rings. The van der Waals surface area contributed by atoms with Gasteiger partial charge in [-0.3, -0.25) is 19.6 Å². The van der Waals surface area contributed by atoms with Crippen LogP contribution in [0.25, 0.3) is 10.9 Å². The van der Waals surface area contributed by atoms with Crippen LogP contribution in [0.2, 0.25) is 0 Å². The fourth-order valence-electron chi connectivity index (χ4n) is 1.68. The molecule has 98 valence electrons. The van der Waals surface area contributed by atoms with Gasteiger partial charge >= 0.3 is 0 Å². The van der Waals surface area contributed by atoms with Crippen molar-refractivity contribution < 1.29 is 9.59 Å². The zero-order valence-corrected chi connectivity index (χ0v) is 10.5. The van der Waals surface area contributed by atoms with Crippen LogP contribution < -0.4 is 10.6 Å². The predicted octanol–water partition coefficient (Wildman–Crippen LogP) is 0.496. The van der Waals surface area contributed by atoms with Gasteiger partial charge in [0.1, 0.15) is 0 Å². The van der Waals surface area contributed by atoms with E-state index in [4.69, 9.17) is 0 Å². The van der Waals surface area contributed by atoms with E-state index in [-0.39, 0.29) is 24.8 Å². The molecular weight excluding hydrogens is 244 g/mol. The first kappa shape index (κ1) is 12.9. The summed E-state index contributed by atoms with van der Waals surface area (Å²) in [6.45, 7) is 0.279. The molecule has 0 atom stereocenters. The maximum Gasteiger partial charge on any atom is 0.255 e. The minimum atomic E-state index is -0.277. The molecule has 0 saturated heterocycles. The second-order valence-corrected chi connectivity index (χ2v) is 3.94. The number of hydrogen-bond donors (Lipinski definition) is 2. The lowest BCUT2D eigenvalue weighted by Gasteiger charge is -2.06. The van der Waals surface area contributed by atoms with E-state index in [2.05, 4.69) is 20.6 Å². The maximum absolute atomic E-state index is 12.0. The lowest BCUT2D eigenvalue weighted by molar-refractivity contribution is -0.120. The van der Waals surface area contributed by atoms with Gasteiger partial charge < -0.3 is 10.6 Å². The first-order valence-corrected chi connectivity index (χ1v) is 5.90. The molecule has 2 aromatic heterocycles. The Morgan fingerprint density at radius 3 is 2.95 bits per heavy atom. The van der Waals surface area contributed by atoms with Crippen molar-refractivity contribution in [2.75, 3.05) is 13.6 Å². The van der Waals surface area contributed by atoms with E-state index in [0.29, 0.717) is 11.1 Å². The summed E-state index contributed by atoms with van der Waals surface area (Å²) >= 11 is 0. The van der Waals surface area contributed by atoms with Crippen LogP contribution in [0.1, 0.15) is 16.8 Å². The summed E-state index contributed by atoms with van der Waals surface area (Å²) in [5.74, 6) is -0.393. The lowest BCUT2D eigenvalue weighted by Crippen LogP contribution is -2.29. The summed E-state index contributed by atoms with van der Waals surface area (Å²) in [6.07, 6.45) is 5.01. The van der Waals surface area contributed by atoms with Gasteiger partial charge in [-0.1, -0.05) is 0 Å². The Balaban J connectivity index is 2.11. The molecule has 0 aliphatic heterocycles.